The highest BCUT2D eigenvalue weighted by atomic mass is 19.4. The van der Waals surface area contributed by atoms with E-state index in [-0.39, 0.29) is 35.7 Å². The number of benzene rings is 1. The van der Waals surface area contributed by atoms with Crippen LogP contribution in [0.25, 0.3) is 0 Å². The first kappa shape index (κ1) is 27.3. The fraction of sp³-hybridized carbons (Fsp3) is 0.440. The number of hydrogen-bond acceptors (Lipinski definition) is 6. The van der Waals surface area contributed by atoms with Gasteiger partial charge in [0.05, 0.1) is 12.0 Å². The lowest BCUT2D eigenvalue weighted by Gasteiger charge is -2.34. The van der Waals surface area contributed by atoms with Crippen molar-refractivity contribution in [2.45, 2.75) is 56.6 Å². The van der Waals surface area contributed by atoms with Gasteiger partial charge >= 0.3 is 6.18 Å². The van der Waals surface area contributed by atoms with E-state index >= 15 is 0 Å². The molecule has 1 saturated heterocycles. The number of nitriles is 1. The number of primary amides is 1. The van der Waals surface area contributed by atoms with Crippen molar-refractivity contribution in [3.63, 3.8) is 0 Å². The van der Waals surface area contributed by atoms with Crippen molar-refractivity contribution >= 4 is 17.5 Å². The summed E-state index contributed by atoms with van der Waals surface area (Å²) < 4.78 is 82.7. The smallest absolute Gasteiger partial charge is 0.417 e. The number of alkyl halides is 3. The predicted octanol–water partition coefficient (Wildman–Crippen LogP) is 4.22. The number of nitrogens with zero attached hydrogens (tertiary/aromatic N) is 2. The Kier molecular flexibility index (Phi) is 7.05. The van der Waals surface area contributed by atoms with Crippen LogP contribution in [0.5, 0.6) is 5.75 Å². The summed E-state index contributed by atoms with van der Waals surface area (Å²) >= 11 is 0. The third-order valence-corrected chi connectivity index (χ3v) is 7.21. The molecule has 202 valence electrons. The molecule has 38 heavy (non-hydrogen) atoms. The van der Waals surface area contributed by atoms with E-state index in [1.807, 2.05) is 6.07 Å². The van der Waals surface area contributed by atoms with E-state index in [1.54, 1.807) is 0 Å². The monoisotopic (exact) mass is 538 g/mol. The maximum absolute atomic E-state index is 15.0. The molecule has 2 heterocycles. The molecule has 1 aromatic heterocycles. The molecule has 0 bridgehead atoms. The molecule has 2 aliphatic rings. The number of ether oxygens (including phenoxy) is 2. The van der Waals surface area contributed by atoms with Gasteiger partial charge in [-0.3, -0.25) is 14.6 Å². The molecule has 2 amide bonds. The van der Waals surface area contributed by atoms with Crippen LogP contribution in [0.1, 0.15) is 48.7 Å². The second kappa shape index (κ2) is 9.83. The Labute approximate surface area is 213 Å². The number of hydrogen-bond donors (Lipinski definition) is 2. The highest BCUT2D eigenvalue weighted by molar-refractivity contribution is 5.97. The maximum atomic E-state index is 15.0. The lowest BCUT2D eigenvalue weighted by atomic mass is 9.76. The van der Waals surface area contributed by atoms with Crippen LogP contribution in [0.2, 0.25) is 0 Å². The summed E-state index contributed by atoms with van der Waals surface area (Å²) in [6.45, 7) is 1.97. The number of aromatic nitrogens is 1. The molecular formula is C25H23F5N4O4. The molecule has 2 aromatic rings. The van der Waals surface area contributed by atoms with Crippen LogP contribution in [0.4, 0.5) is 27.6 Å². The Hall–Kier alpha value is -3.79. The fourth-order valence-electron chi connectivity index (χ4n) is 4.74. The standard InChI is InChI=1S/C25H23F5N4O4/c1-11-18(15-3-4-16(26)19(27)20(15)37-14-7-12(8-14)10-31)21(38-24(11,2)25(28,29)30)23(36)34-13-5-6-33-17(9-13)22(32)35/h3-6,9,11-12,14,18,21H,7-8H2,1-2H3,(H2,32,35)(H,33,34,36)/t11-,12?,14?,18-,21+,24+/m0/s1. The molecule has 0 unspecified atom stereocenters. The quantitative estimate of drug-likeness (QED) is 0.531. The number of rotatable bonds is 6. The zero-order valence-corrected chi connectivity index (χ0v) is 20.2. The van der Waals surface area contributed by atoms with Crippen LogP contribution in [0.15, 0.2) is 30.5 Å². The average molecular weight is 538 g/mol. The summed E-state index contributed by atoms with van der Waals surface area (Å²) in [6.07, 6.45) is -5.77. The molecule has 1 aliphatic carbocycles. The van der Waals surface area contributed by atoms with E-state index in [0.29, 0.717) is 0 Å². The lowest BCUT2D eigenvalue weighted by molar-refractivity contribution is -0.272. The molecule has 4 rings (SSSR count). The Morgan fingerprint density at radius 3 is 2.55 bits per heavy atom. The van der Waals surface area contributed by atoms with Gasteiger partial charge in [0.2, 0.25) is 5.82 Å². The Morgan fingerprint density at radius 2 is 1.95 bits per heavy atom. The number of nitrogens with two attached hydrogens (primary N) is 1. The molecule has 3 N–H and O–H groups in total. The molecule has 2 fully saturated rings. The molecule has 1 aliphatic heterocycles. The van der Waals surface area contributed by atoms with Gasteiger partial charge < -0.3 is 20.5 Å². The van der Waals surface area contributed by atoms with Gasteiger partial charge in [-0.15, -0.1) is 0 Å². The lowest BCUT2D eigenvalue weighted by Crippen LogP contribution is -2.47. The molecule has 1 aromatic carbocycles. The van der Waals surface area contributed by atoms with Crippen molar-refractivity contribution in [1.82, 2.24) is 4.98 Å². The van der Waals surface area contributed by atoms with Gasteiger partial charge in [0.1, 0.15) is 17.9 Å². The summed E-state index contributed by atoms with van der Waals surface area (Å²) in [5.41, 5.74) is 1.98. The number of pyridine rings is 1. The van der Waals surface area contributed by atoms with Crippen molar-refractivity contribution in [2.75, 3.05) is 5.32 Å². The molecular weight excluding hydrogens is 515 g/mol. The summed E-state index contributed by atoms with van der Waals surface area (Å²) in [4.78, 5) is 28.5. The molecule has 4 atom stereocenters. The SMILES string of the molecule is C[C@H]1[C@@H](c2ccc(F)c(F)c2OC2CC(C#N)C2)[C@H](C(=O)Nc2ccnc(C(N)=O)c2)O[C@@]1(C)C(F)(F)F. The summed E-state index contributed by atoms with van der Waals surface area (Å²) in [5.74, 6) is -8.47. The predicted molar refractivity (Wildman–Crippen MR) is 122 cm³/mol. The van der Waals surface area contributed by atoms with Gasteiger partial charge in [-0.05, 0) is 25.1 Å². The number of anilines is 1. The summed E-state index contributed by atoms with van der Waals surface area (Å²) in [7, 11) is 0. The normalized spacial score (nSPS) is 28.7. The Bertz CT molecular complexity index is 1310. The Morgan fingerprint density at radius 1 is 1.26 bits per heavy atom. The third kappa shape index (κ3) is 4.76. The van der Waals surface area contributed by atoms with E-state index in [0.717, 1.165) is 25.1 Å². The first-order valence-electron chi connectivity index (χ1n) is 11.6. The van der Waals surface area contributed by atoms with Gasteiger partial charge in [0.15, 0.2) is 17.2 Å². The first-order chi connectivity index (χ1) is 17.8. The average Bonchev–Trinajstić information content (AvgIpc) is 3.10. The second-order valence-corrected chi connectivity index (χ2v) is 9.56. The number of carbonyl (C=O) groups excluding carboxylic acids is 2. The number of amides is 2. The largest absolute Gasteiger partial charge is 0.487 e. The Balaban J connectivity index is 1.75. The maximum Gasteiger partial charge on any atom is 0.417 e. The van der Waals surface area contributed by atoms with Crippen molar-refractivity contribution in [1.29, 1.82) is 5.26 Å². The molecule has 13 heteroatoms. The van der Waals surface area contributed by atoms with E-state index in [9.17, 15) is 31.5 Å². The summed E-state index contributed by atoms with van der Waals surface area (Å²) in [6, 6.07) is 6.25. The fourth-order valence-corrected chi connectivity index (χ4v) is 4.74. The zero-order chi connectivity index (χ0) is 28.0. The molecule has 1 saturated carbocycles. The van der Waals surface area contributed by atoms with Gasteiger partial charge in [0, 0.05) is 42.1 Å². The molecule has 8 nitrogen and oxygen atoms in total. The van der Waals surface area contributed by atoms with Crippen LogP contribution < -0.4 is 15.8 Å². The van der Waals surface area contributed by atoms with E-state index in [2.05, 4.69) is 10.3 Å². The minimum atomic E-state index is -4.93. The van der Waals surface area contributed by atoms with Crippen molar-refractivity contribution in [3.05, 3.63) is 53.4 Å². The van der Waals surface area contributed by atoms with E-state index < -0.39 is 65.0 Å². The summed E-state index contributed by atoms with van der Waals surface area (Å²) in [5, 5.41) is 11.4. The van der Waals surface area contributed by atoms with Crippen molar-refractivity contribution in [2.24, 2.45) is 17.6 Å². The van der Waals surface area contributed by atoms with Crippen LogP contribution in [0, 0.1) is 34.8 Å². The highest BCUT2D eigenvalue weighted by Gasteiger charge is 2.66. The zero-order valence-electron chi connectivity index (χ0n) is 20.2. The van der Waals surface area contributed by atoms with Crippen LogP contribution in [0.3, 0.4) is 0 Å². The topological polar surface area (TPSA) is 127 Å². The minimum absolute atomic E-state index is 0.00758. The highest BCUT2D eigenvalue weighted by Crippen LogP contribution is 2.55. The van der Waals surface area contributed by atoms with Crippen molar-refractivity contribution in [3.8, 4) is 11.8 Å². The van der Waals surface area contributed by atoms with E-state index in [1.165, 1.54) is 19.2 Å². The van der Waals surface area contributed by atoms with Gasteiger partial charge in [-0.25, -0.2) is 4.39 Å². The van der Waals surface area contributed by atoms with Crippen LogP contribution in [-0.4, -0.2) is 40.8 Å². The van der Waals surface area contributed by atoms with Gasteiger partial charge in [0.25, 0.3) is 11.8 Å². The van der Waals surface area contributed by atoms with Crippen LogP contribution >= 0.6 is 0 Å². The van der Waals surface area contributed by atoms with Gasteiger partial charge in [-0.1, -0.05) is 13.0 Å². The number of carbonyl (C=O) groups is 2. The van der Waals surface area contributed by atoms with Crippen LogP contribution in [-0.2, 0) is 9.53 Å². The molecule has 0 radical (unpaired) electrons. The first-order valence-corrected chi connectivity index (χ1v) is 11.6. The number of halogens is 5. The molecule has 0 spiro atoms. The number of nitrogens with one attached hydrogen (secondary N) is 1. The van der Waals surface area contributed by atoms with E-state index in [4.69, 9.17) is 20.5 Å². The minimum Gasteiger partial charge on any atom is -0.487 e. The second-order valence-electron chi connectivity index (χ2n) is 9.56. The third-order valence-electron chi connectivity index (χ3n) is 7.21. The van der Waals surface area contributed by atoms with Crippen molar-refractivity contribution < 1.29 is 41.0 Å². The van der Waals surface area contributed by atoms with Gasteiger partial charge in [-0.2, -0.15) is 22.8 Å².